The Bertz CT molecular complexity index is 902. The highest BCUT2D eigenvalue weighted by Crippen LogP contribution is 2.20. The molecule has 0 spiro atoms. The number of nitrogens with zero attached hydrogens (tertiary/aromatic N) is 2. The molecule has 1 amide bonds. The van der Waals surface area contributed by atoms with Crippen molar-refractivity contribution >= 4 is 34.8 Å². The molecular weight excluding hydrogens is 350 g/mol. The lowest BCUT2D eigenvalue weighted by Gasteiger charge is -2.07. The smallest absolute Gasteiger partial charge is 0.258 e. The third kappa shape index (κ3) is 4.27. The van der Waals surface area contributed by atoms with Gasteiger partial charge in [0.15, 0.2) is 0 Å². The van der Waals surface area contributed by atoms with E-state index in [4.69, 9.17) is 11.6 Å². The summed E-state index contributed by atoms with van der Waals surface area (Å²) in [6.45, 7) is 0. The number of hydrogen-bond acceptors (Lipinski definition) is 4. The van der Waals surface area contributed by atoms with E-state index >= 15 is 0 Å². The molecule has 0 aliphatic carbocycles. The van der Waals surface area contributed by atoms with E-state index < -0.39 is 11.7 Å². The summed E-state index contributed by atoms with van der Waals surface area (Å²) in [5.74, 6) is -1.12. The molecule has 5 nitrogen and oxygen atoms in total. The number of halogens is 3. The third-order valence-corrected chi connectivity index (χ3v) is 3.48. The van der Waals surface area contributed by atoms with Gasteiger partial charge in [-0.2, -0.15) is 0 Å². The second kappa shape index (κ2) is 7.23. The number of hydrogen-bond donors (Lipinski definition) is 2. The maximum atomic E-state index is 13.1. The highest BCUT2D eigenvalue weighted by atomic mass is 35.5. The van der Waals surface area contributed by atoms with E-state index in [-0.39, 0.29) is 22.4 Å². The second-order valence-electron chi connectivity index (χ2n) is 5.01. The number of aromatic nitrogens is 2. The van der Waals surface area contributed by atoms with Gasteiger partial charge in [0.05, 0.1) is 10.6 Å². The van der Waals surface area contributed by atoms with Gasteiger partial charge >= 0.3 is 0 Å². The molecule has 126 valence electrons. The van der Waals surface area contributed by atoms with Gasteiger partial charge in [0.25, 0.3) is 5.91 Å². The van der Waals surface area contributed by atoms with Crippen LogP contribution < -0.4 is 10.6 Å². The van der Waals surface area contributed by atoms with Crippen molar-refractivity contribution < 1.29 is 13.6 Å². The summed E-state index contributed by atoms with van der Waals surface area (Å²) >= 11 is 5.67. The molecule has 1 heterocycles. The zero-order valence-corrected chi connectivity index (χ0v) is 13.4. The summed E-state index contributed by atoms with van der Waals surface area (Å²) < 4.78 is 26.0. The number of anilines is 3. The van der Waals surface area contributed by atoms with Crippen molar-refractivity contribution in [1.29, 1.82) is 0 Å². The standard InChI is InChI=1S/C17H11ClF2N4O/c18-14-7-13(5-6-15(14)20)23-16(25)10-8-21-17(22-9-10)24-12-3-1-11(19)2-4-12/h1-9H,(H,23,25)(H,21,22,24). The molecular formula is C17H11ClF2N4O. The lowest BCUT2D eigenvalue weighted by Crippen LogP contribution is -2.13. The molecule has 3 rings (SSSR count). The van der Waals surface area contributed by atoms with Gasteiger partial charge in [0.2, 0.25) is 5.95 Å². The van der Waals surface area contributed by atoms with Crippen molar-refractivity contribution in [3.8, 4) is 0 Å². The first-order valence-electron chi connectivity index (χ1n) is 7.12. The van der Waals surface area contributed by atoms with Crippen molar-refractivity contribution in [3.63, 3.8) is 0 Å². The van der Waals surface area contributed by atoms with Crippen LogP contribution in [0.15, 0.2) is 54.9 Å². The summed E-state index contributed by atoms with van der Waals surface area (Å²) in [6.07, 6.45) is 2.67. The Balaban J connectivity index is 1.67. The molecule has 0 saturated carbocycles. The SMILES string of the molecule is O=C(Nc1ccc(F)c(Cl)c1)c1cnc(Nc2ccc(F)cc2)nc1. The number of rotatable bonds is 4. The number of carbonyl (C=O) groups excluding carboxylic acids is 1. The lowest BCUT2D eigenvalue weighted by molar-refractivity contribution is 0.102. The molecule has 0 unspecified atom stereocenters. The van der Waals surface area contributed by atoms with Crippen molar-refractivity contribution in [3.05, 3.63) is 77.1 Å². The average Bonchev–Trinajstić information content (AvgIpc) is 2.61. The topological polar surface area (TPSA) is 66.9 Å². The zero-order valence-electron chi connectivity index (χ0n) is 12.6. The maximum absolute atomic E-state index is 13.1. The Morgan fingerprint density at radius 2 is 1.60 bits per heavy atom. The third-order valence-electron chi connectivity index (χ3n) is 3.19. The zero-order chi connectivity index (χ0) is 17.8. The monoisotopic (exact) mass is 360 g/mol. The fourth-order valence-electron chi connectivity index (χ4n) is 1.95. The molecule has 2 N–H and O–H groups in total. The van der Waals surface area contributed by atoms with Crippen LogP contribution in [0.25, 0.3) is 0 Å². The van der Waals surface area contributed by atoms with Gasteiger partial charge in [-0.05, 0) is 42.5 Å². The normalized spacial score (nSPS) is 10.4. The molecule has 0 aliphatic rings. The molecule has 25 heavy (non-hydrogen) atoms. The first kappa shape index (κ1) is 16.8. The van der Waals surface area contributed by atoms with E-state index in [9.17, 15) is 13.6 Å². The summed E-state index contributed by atoms with van der Waals surface area (Å²) in [5, 5.41) is 5.36. The second-order valence-corrected chi connectivity index (χ2v) is 5.42. The largest absolute Gasteiger partial charge is 0.324 e. The van der Waals surface area contributed by atoms with Crippen LogP contribution in [-0.4, -0.2) is 15.9 Å². The van der Waals surface area contributed by atoms with Crippen molar-refractivity contribution in [2.75, 3.05) is 10.6 Å². The predicted molar refractivity (Wildman–Crippen MR) is 91.1 cm³/mol. The van der Waals surface area contributed by atoms with Crippen molar-refractivity contribution in [1.82, 2.24) is 9.97 Å². The summed E-state index contributed by atoms with van der Waals surface area (Å²) in [5.41, 5.74) is 1.18. The molecule has 3 aromatic rings. The molecule has 1 aromatic heterocycles. The molecule has 0 bridgehead atoms. The van der Waals surface area contributed by atoms with Crippen LogP contribution in [0.4, 0.5) is 26.1 Å². The Hall–Kier alpha value is -3.06. The van der Waals surface area contributed by atoms with Gasteiger partial charge in [-0.3, -0.25) is 4.79 Å². The van der Waals surface area contributed by atoms with Gasteiger partial charge in [-0.15, -0.1) is 0 Å². The summed E-state index contributed by atoms with van der Waals surface area (Å²) in [6, 6.07) is 9.54. The number of benzene rings is 2. The molecule has 0 fully saturated rings. The highest BCUT2D eigenvalue weighted by molar-refractivity contribution is 6.31. The van der Waals surface area contributed by atoms with Gasteiger partial charge in [-0.25, -0.2) is 18.7 Å². The van der Waals surface area contributed by atoms with E-state index in [1.165, 1.54) is 48.8 Å². The first-order chi connectivity index (χ1) is 12.0. The quantitative estimate of drug-likeness (QED) is 0.723. The van der Waals surface area contributed by atoms with E-state index in [0.29, 0.717) is 11.4 Å². The molecule has 0 saturated heterocycles. The number of carbonyl (C=O) groups is 1. The van der Waals surface area contributed by atoms with E-state index in [1.54, 1.807) is 0 Å². The molecule has 8 heteroatoms. The van der Waals surface area contributed by atoms with Crippen LogP contribution in [0.2, 0.25) is 5.02 Å². The van der Waals surface area contributed by atoms with Crippen LogP contribution in [0.1, 0.15) is 10.4 Å². The molecule has 2 aromatic carbocycles. The minimum atomic E-state index is -0.570. The fraction of sp³-hybridized carbons (Fsp3) is 0. The van der Waals surface area contributed by atoms with Gasteiger partial charge in [-0.1, -0.05) is 11.6 Å². The van der Waals surface area contributed by atoms with E-state index in [0.717, 1.165) is 6.07 Å². The lowest BCUT2D eigenvalue weighted by atomic mass is 10.2. The molecule has 0 aliphatic heterocycles. The Morgan fingerprint density at radius 3 is 2.24 bits per heavy atom. The fourth-order valence-corrected chi connectivity index (χ4v) is 2.13. The molecule has 0 radical (unpaired) electrons. The highest BCUT2D eigenvalue weighted by Gasteiger charge is 2.09. The van der Waals surface area contributed by atoms with Crippen LogP contribution >= 0.6 is 11.6 Å². The van der Waals surface area contributed by atoms with E-state index in [1.807, 2.05) is 0 Å². The van der Waals surface area contributed by atoms with Gasteiger partial charge in [0.1, 0.15) is 11.6 Å². The van der Waals surface area contributed by atoms with Gasteiger partial charge < -0.3 is 10.6 Å². The van der Waals surface area contributed by atoms with Crippen LogP contribution in [0.3, 0.4) is 0 Å². The average molecular weight is 361 g/mol. The maximum Gasteiger partial charge on any atom is 0.258 e. The minimum absolute atomic E-state index is 0.0899. The van der Waals surface area contributed by atoms with Crippen molar-refractivity contribution in [2.24, 2.45) is 0 Å². The minimum Gasteiger partial charge on any atom is -0.324 e. The van der Waals surface area contributed by atoms with Crippen molar-refractivity contribution in [2.45, 2.75) is 0 Å². The summed E-state index contributed by atoms with van der Waals surface area (Å²) in [4.78, 5) is 20.2. The van der Waals surface area contributed by atoms with Gasteiger partial charge in [0, 0.05) is 23.8 Å². The predicted octanol–water partition coefficient (Wildman–Crippen LogP) is 4.40. The van der Waals surface area contributed by atoms with Crippen LogP contribution in [-0.2, 0) is 0 Å². The number of amides is 1. The Kier molecular flexibility index (Phi) is 4.85. The first-order valence-corrected chi connectivity index (χ1v) is 7.50. The van der Waals surface area contributed by atoms with Crippen LogP contribution in [0, 0.1) is 11.6 Å². The van der Waals surface area contributed by atoms with Crippen LogP contribution in [0.5, 0.6) is 0 Å². The Labute approximate surface area is 146 Å². The molecule has 0 atom stereocenters. The number of nitrogens with one attached hydrogen (secondary N) is 2. The van der Waals surface area contributed by atoms with E-state index in [2.05, 4.69) is 20.6 Å². The summed E-state index contributed by atoms with van der Waals surface area (Å²) in [7, 11) is 0. The Morgan fingerprint density at radius 1 is 0.960 bits per heavy atom.